The first kappa shape index (κ1) is 21.6. The number of guanidine groups is 1. The van der Waals surface area contributed by atoms with Crippen LogP contribution in [0.25, 0.3) is 0 Å². The van der Waals surface area contributed by atoms with E-state index >= 15 is 0 Å². The fourth-order valence-corrected chi connectivity index (χ4v) is 3.42. The van der Waals surface area contributed by atoms with Gasteiger partial charge in [0.1, 0.15) is 5.75 Å². The zero-order valence-electron chi connectivity index (χ0n) is 17.6. The minimum Gasteiger partial charge on any atom is -0.497 e. The highest BCUT2D eigenvalue weighted by Crippen LogP contribution is 2.31. The van der Waals surface area contributed by atoms with E-state index in [-0.39, 0.29) is 11.8 Å². The average Bonchev–Trinajstić information content (AvgIpc) is 2.78. The lowest BCUT2D eigenvalue weighted by Gasteiger charge is -2.26. The van der Waals surface area contributed by atoms with Gasteiger partial charge in [0.15, 0.2) is 5.96 Å². The zero-order chi connectivity index (χ0) is 21.2. The number of nitrogens with zero attached hydrogens (tertiary/aromatic N) is 1. The van der Waals surface area contributed by atoms with Crippen LogP contribution in [0.3, 0.4) is 0 Å². The molecule has 2 aromatic carbocycles. The standard InChI is InChI=1S/C23H30N4O3/c1-24-23(25-12-5-13-30-16-17-8-10-19(29-2)11-9-17)26-15-18-14-22(28)27-21-7-4-3-6-20(18)21/h3-4,6-11,18H,5,12-16H2,1-2H3,(H,27,28)(H2,24,25,26). The number of para-hydroxylation sites is 1. The van der Waals surface area contributed by atoms with Gasteiger partial charge < -0.3 is 25.4 Å². The highest BCUT2D eigenvalue weighted by Gasteiger charge is 2.24. The van der Waals surface area contributed by atoms with Gasteiger partial charge in [-0.05, 0) is 35.7 Å². The molecule has 0 aliphatic carbocycles. The molecule has 3 N–H and O–H groups in total. The third-order valence-electron chi connectivity index (χ3n) is 5.03. The third-order valence-corrected chi connectivity index (χ3v) is 5.03. The summed E-state index contributed by atoms with van der Waals surface area (Å²) in [5.74, 6) is 1.76. The number of rotatable bonds is 9. The van der Waals surface area contributed by atoms with Crippen LogP contribution in [0, 0.1) is 0 Å². The maximum absolute atomic E-state index is 12.0. The number of carbonyl (C=O) groups excluding carboxylic acids is 1. The second-order valence-corrected chi connectivity index (χ2v) is 7.17. The summed E-state index contributed by atoms with van der Waals surface area (Å²) in [6.45, 7) is 2.65. The van der Waals surface area contributed by atoms with Crippen LogP contribution in [-0.2, 0) is 16.1 Å². The number of hydrogen-bond acceptors (Lipinski definition) is 4. The second-order valence-electron chi connectivity index (χ2n) is 7.17. The number of nitrogens with one attached hydrogen (secondary N) is 3. The summed E-state index contributed by atoms with van der Waals surface area (Å²) in [7, 11) is 3.41. The molecule has 0 spiro atoms. The Hall–Kier alpha value is -3.06. The van der Waals surface area contributed by atoms with E-state index in [4.69, 9.17) is 9.47 Å². The van der Waals surface area contributed by atoms with Crippen LogP contribution >= 0.6 is 0 Å². The maximum Gasteiger partial charge on any atom is 0.225 e. The van der Waals surface area contributed by atoms with Crippen molar-refractivity contribution in [3.63, 3.8) is 0 Å². The number of ether oxygens (including phenoxy) is 2. The van der Waals surface area contributed by atoms with Crippen molar-refractivity contribution in [2.45, 2.75) is 25.4 Å². The first-order chi connectivity index (χ1) is 14.7. The highest BCUT2D eigenvalue weighted by molar-refractivity contribution is 5.94. The molecule has 2 aromatic rings. The minimum absolute atomic E-state index is 0.0532. The van der Waals surface area contributed by atoms with Crippen molar-refractivity contribution in [2.24, 2.45) is 4.99 Å². The summed E-state index contributed by atoms with van der Waals surface area (Å²) < 4.78 is 10.9. The van der Waals surface area contributed by atoms with Gasteiger partial charge in [0.05, 0.1) is 13.7 Å². The first-order valence-electron chi connectivity index (χ1n) is 10.2. The van der Waals surface area contributed by atoms with Gasteiger partial charge >= 0.3 is 0 Å². The van der Waals surface area contributed by atoms with E-state index in [0.29, 0.717) is 26.2 Å². The van der Waals surface area contributed by atoms with Gasteiger partial charge in [-0.25, -0.2) is 0 Å². The monoisotopic (exact) mass is 410 g/mol. The van der Waals surface area contributed by atoms with E-state index in [2.05, 4.69) is 27.0 Å². The third kappa shape index (κ3) is 6.22. The number of amides is 1. The quantitative estimate of drug-likeness (QED) is 0.336. The van der Waals surface area contributed by atoms with Crippen LogP contribution in [0.4, 0.5) is 5.69 Å². The number of aliphatic imine (C=N–C) groups is 1. The van der Waals surface area contributed by atoms with Gasteiger partial charge in [0.25, 0.3) is 0 Å². The van der Waals surface area contributed by atoms with Crippen molar-refractivity contribution in [1.29, 1.82) is 0 Å². The Balaban J connectivity index is 1.35. The Labute approximate surface area is 177 Å². The average molecular weight is 411 g/mol. The molecule has 7 nitrogen and oxygen atoms in total. The lowest BCUT2D eigenvalue weighted by Crippen LogP contribution is -2.41. The second kappa shape index (κ2) is 11.2. The molecule has 0 aromatic heterocycles. The van der Waals surface area contributed by atoms with E-state index < -0.39 is 0 Å². The summed E-state index contributed by atoms with van der Waals surface area (Å²) >= 11 is 0. The highest BCUT2D eigenvalue weighted by atomic mass is 16.5. The largest absolute Gasteiger partial charge is 0.497 e. The van der Waals surface area contributed by atoms with Crippen molar-refractivity contribution in [1.82, 2.24) is 10.6 Å². The Bertz CT molecular complexity index is 852. The van der Waals surface area contributed by atoms with Crippen LogP contribution in [-0.4, -0.2) is 45.7 Å². The van der Waals surface area contributed by atoms with Gasteiger partial charge in [-0.2, -0.15) is 0 Å². The minimum atomic E-state index is 0.0532. The number of anilines is 1. The van der Waals surface area contributed by atoms with Gasteiger partial charge in [-0.3, -0.25) is 9.79 Å². The van der Waals surface area contributed by atoms with Crippen LogP contribution in [0.15, 0.2) is 53.5 Å². The molecule has 0 saturated heterocycles. The normalized spacial score (nSPS) is 15.9. The predicted octanol–water partition coefficient (Wildman–Crippen LogP) is 2.89. The summed E-state index contributed by atoms with van der Waals surface area (Å²) in [6, 6.07) is 15.8. The van der Waals surface area contributed by atoms with Gasteiger partial charge in [0, 0.05) is 44.8 Å². The lowest BCUT2D eigenvalue weighted by atomic mass is 9.90. The van der Waals surface area contributed by atoms with Gasteiger partial charge in [-0.15, -0.1) is 0 Å². The molecule has 1 heterocycles. The van der Waals surface area contributed by atoms with E-state index in [1.54, 1.807) is 14.2 Å². The molecular formula is C23H30N4O3. The topological polar surface area (TPSA) is 84.0 Å². The number of carbonyl (C=O) groups is 1. The predicted molar refractivity (Wildman–Crippen MR) is 119 cm³/mol. The lowest BCUT2D eigenvalue weighted by molar-refractivity contribution is -0.116. The van der Waals surface area contributed by atoms with Crippen LogP contribution in [0.5, 0.6) is 5.75 Å². The van der Waals surface area contributed by atoms with Gasteiger partial charge in [0.2, 0.25) is 5.91 Å². The summed E-state index contributed by atoms with van der Waals surface area (Å²) in [6.07, 6.45) is 1.34. The van der Waals surface area contributed by atoms with Crippen molar-refractivity contribution in [3.05, 3.63) is 59.7 Å². The van der Waals surface area contributed by atoms with E-state index in [1.165, 1.54) is 0 Å². The molecule has 1 atom stereocenters. The number of benzene rings is 2. The molecule has 0 fully saturated rings. The molecule has 7 heteroatoms. The van der Waals surface area contributed by atoms with Crippen LogP contribution in [0.1, 0.15) is 29.9 Å². The Kier molecular flexibility index (Phi) is 8.09. The van der Waals surface area contributed by atoms with Gasteiger partial charge in [-0.1, -0.05) is 30.3 Å². The zero-order valence-corrected chi connectivity index (χ0v) is 17.6. The molecule has 30 heavy (non-hydrogen) atoms. The van der Waals surface area contributed by atoms with Crippen LogP contribution in [0.2, 0.25) is 0 Å². The molecule has 0 saturated carbocycles. The molecule has 1 aliphatic rings. The molecule has 0 bridgehead atoms. The fourth-order valence-electron chi connectivity index (χ4n) is 3.42. The maximum atomic E-state index is 12.0. The van der Waals surface area contributed by atoms with E-state index in [0.717, 1.165) is 41.5 Å². The van der Waals surface area contributed by atoms with Crippen molar-refractivity contribution in [3.8, 4) is 5.75 Å². The molecule has 3 rings (SSSR count). The molecular weight excluding hydrogens is 380 g/mol. The van der Waals surface area contributed by atoms with Crippen molar-refractivity contribution >= 4 is 17.6 Å². The smallest absolute Gasteiger partial charge is 0.225 e. The molecule has 0 radical (unpaired) electrons. The SMILES string of the molecule is CN=C(NCCCOCc1ccc(OC)cc1)NCC1CC(=O)Nc2ccccc21. The van der Waals surface area contributed by atoms with E-state index in [1.807, 2.05) is 42.5 Å². The number of fused-ring (bicyclic) bond motifs is 1. The Morgan fingerprint density at radius 1 is 1.17 bits per heavy atom. The van der Waals surface area contributed by atoms with Crippen LogP contribution < -0.4 is 20.7 Å². The van der Waals surface area contributed by atoms with Crippen molar-refractivity contribution in [2.75, 3.05) is 39.2 Å². The molecule has 1 aliphatic heterocycles. The van der Waals surface area contributed by atoms with E-state index in [9.17, 15) is 4.79 Å². The molecule has 160 valence electrons. The fraction of sp³-hybridized carbons (Fsp3) is 0.391. The molecule has 1 amide bonds. The summed E-state index contributed by atoms with van der Waals surface area (Å²) in [4.78, 5) is 16.2. The number of hydrogen-bond donors (Lipinski definition) is 3. The molecule has 1 unspecified atom stereocenters. The summed E-state index contributed by atoms with van der Waals surface area (Å²) in [5.41, 5.74) is 3.18. The Morgan fingerprint density at radius 2 is 1.97 bits per heavy atom. The number of methoxy groups -OCH3 is 1. The Morgan fingerprint density at radius 3 is 2.73 bits per heavy atom. The summed E-state index contributed by atoms with van der Waals surface area (Å²) in [5, 5.41) is 9.56. The van der Waals surface area contributed by atoms with Crippen molar-refractivity contribution < 1.29 is 14.3 Å². The first-order valence-corrected chi connectivity index (χ1v) is 10.2.